The van der Waals surface area contributed by atoms with Crippen molar-refractivity contribution in [3.05, 3.63) is 72.4 Å². The van der Waals surface area contributed by atoms with Gasteiger partial charge in [0, 0.05) is 18.5 Å². The molecule has 0 unspecified atom stereocenters. The van der Waals surface area contributed by atoms with E-state index in [0.29, 0.717) is 24.6 Å². The summed E-state index contributed by atoms with van der Waals surface area (Å²) in [4.78, 5) is 24.2. The van der Waals surface area contributed by atoms with Crippen LogP contribution in [-0.4, -0.2) is 27.4 Å². The summed E-state index contributed by atoms with van der Waals surface area (Å²) in [6.07, 6.45) is 2.37. The molecule has 0 saturated heterocycles. The summed E-state index contributed by atoms with van der Waals surface area (Å²) in [5, 5.41) is 2.89. The minimum atomic E-state index is -0.0889. The van der Waals surface area contributed by atoms with E-state index >= 15 is 0 Å². The van der Waals surface area contributed by atoms with Crippen LogP contribution in [0, 0.1) is 0 Å². The molecule has 0 bridgehead atoms. The highest BCUT2D eigenvalue weighted by molar-refractivity contribution is 5.78. The number of amides is 1. The Bertz CT molecular complexity index is 987. The first kappa shape index (κ1) is 16.1. The molecule has 0 spiro atoms. The van der Waals surface area contributed by atoms with Crippen LogP contribution in [0.1, 0.15) is 11.5 Å². The molecule has 2 aromatic heterocycles. The zero-order valence-electron chi connectivity index (χ0n) is 14.1. The highest BCUT2D eigenvalue weighted by Gasteiger charge is 2.10. The largest absolute Gasteiger partial charge is 0.444 e. The summed E-state index contributed by atoms with van der Waals surface area (Å²) in [7, 11) is 0. The molecule has 0 aliphatic heterocycles. The lowest BCUT2D eigenvalue weighted by Gasteiger charge is -2.02. The molecule has 0 saturated carbocycles. The van der Waals surface area contributed by atoms with Gasteiger partial charge in [-0.25, -0.2) is 9.97 Å². The van der Waals surface area contributed by atoms with Crippen LogP contribution in [0.15, 0.2) is 65.3 Å². The van der Waals surface area contributed by atoms with Gasteiger partial charge in [0.1, 0.15) is 12.1 Å². The van der Waals surface area contributed by atoms with Crippen LogP contribution in [0.25, 0.3) is 22.5 Å². The molecule has 4 aromatic rings. The van der Waals surface area contributed by atoms with Crippen LogP contribution in [0.4, 0.5) is 0 Å². The van der Waals surface area contributed by atoms with Crippen molar-refractivity contribution in [2.75, 3.05) is 6.54 Å². The Morgan fingerprint density at radius 3 is 2.69 bits per heavy atom. The molecule has 0 aliphatic carbocycles. The fourth-order valence-electron chi connectivity index (χ4n) is 2.77. The van der Waals surface area contributed by atoms with E-state index in [0.717, 1.165) is 22.4 Å². The molecule has 2 N–H and O–H groups in total. The number of aromatic nitrogens is 3. The number of carbonyl (C=O) groups is 1. The molecular weight excluding hydrogens is 328 g/mol. The zero-order chi connectivity index (χ0) is 17.8. The molecule has 2 aromatic carbocycles. The van der Waals surface area contributed by atoms with Gasteiger partial charge < -0.3 is 14.7 Å². The number of para-hydroxylation sites is 2. The number of H-pyrrole nitrogens is 1. The summed E-state index contributed by atoms with van der Waals surface area (Å²) in [5.74, 6) is 1.30. The molecule has 0 radical (unpaired) electrons. The smallest absolute Gasteiger partial charge is 0.226 e. The Morgan fingerprint density at radius 1 is 1.04 bits per heavy atom. The molecule has 2 heterocycles. The molecule has 0 fully saturated rings. The molecule has 0 aliphatic rings. The summed E-state index contributed by atoms with van der Waals surface area (Å²) >= 11 is 0. The van der Waals surface area contributed by atoms with Gasteiger partial charge in [-0.15, -0.1) is 0 Å². The van der Waals surface area contributed by atoms with E-state index in [1.807, 2.05) is 54.6 Å². The molecule has 0 atom stereocenters. The summed E-state index contributed by atoms with van der Waals surface area (Å²) in [5.41, 5.74) is 3.45. The Balaban J connectivity index is 1.29. The van der Waals surface area contributed by atoms with Crippen LogP contribution in [0.5, 0.6) is 0 Å². The fourth-order valence-corrected chi connectivity index (χ4v) is 2.77. The predicted octanol–water partition coefficient (Wildman–Crippen LogP) is 3.12. The van der Waals surface area contributed by atoms with Gasteiger partial charge in [0.25, 0.3) is 0 Å². The number of imidazole rings is 1. The minimum Gasteiger partial charge on any atom is -0.444 e. The maximum Gasteiger partial charge on any atom is 0.226 e. The standard InChI is InChI=1S/C20H18N4O2/c25-19(12-15-13-26-20(22-15)14-6-2-1-3-7-14)21-11-10-18-23-16-8-4-5-9-17(16)24-18/h1-9,13H,10-12H2,(H,21,25)(H,23,24). The number of hydrogen-bond acceptors (Lipinski definition) is 4. The second kappa shape index (κ2) is 7.23. The van der Waals surface area contributed by atoms with Gasteiger partial charge in [0.2, 0.25) is 11.8 Å². The van der Waals surface area contributed by atoms with Crippen molar-refractivity contribution in [1.29, 1.82) is 0 Å². The SMILES string of the molecule is O=C(Cc1coc(-c2ccccc2)n1)NCCc1nc2ccccc2[nH]1. The second-order valence-electron chi connectivity index (χ2n) is 5.99. The van der Waals surface area contributed by atoms with E-state index in [9.17, 15) is 4.79 Å². The second-order valence-corrected chi connectivity index (χ2v) is 5.99. The third kappa shape index (κ3) is 3.64. The summed E-state index contributed by atoms with van der Waals surface area (Å²) < 4.78 is 5.45. The van der Waals surface area contributed by atoms with Gasteiger partial charge in [-0.3, -0.25) is 4.79 Å². The number of benzene rings is 2. The van der Waals surface area contributed by atoms with Crippen molar-refractivity contribution >= 4 is 16.9 Å². The van der Waals surface area contributed by atoms with Gasteiger partial charge in [0.15, 0.2) is 0 Å². The topological polar surface area (TPSA) is 83.8 Å². The third-order valence-corrected chi connectivity index (χ3v) is 4.04. The van der Waals surface area contributed by atoms with Gasteiger partial charge in [-0.05, 0) is 24.3 Å². The molecule has 6 nitrogen and oxygen atoms in total. The Labute approximate surface area is 150 Å². The molecule has 4 rings (SSSR count). The summed E-state index contributed by atoms with van der Waals surface area (Å²) in [6.45, 7) is 0.516. The van der Waals surface area contributed by atoms with Crippen molar-refractivity contribution in [1.82, 2.24) is 20.3 Å². The maximum absolute atomic E-state index is 12.1. The Hall–Kier alpha value is -3.41. The molecular formula is C20H18N4O2. The number of oxazole rings is 1. The lowest BCUT2D eigenvalue weighted by atomic mass is 10.2. The number of nitrogens with zero attached hydrogens (tertiary/aromatic N) is 2. The average molecular weight is 346 g/mol. The first-order valence-corrected chi connectivity index (χ1v) is 8.48. The zero-order valence-corrected chi connectivity index (χ0v) is 14.1. The quantitative estimate of drug-likeness (QED) is 0.562. The van der Waals surface area contributed by atoms with Gasteiger partial charge in [0.05, 0.1) is 23.1 Å². The van der Waals surface area contributed by atoms with E-state index < -0.39 is 0 Å². The number of aromatic amines is 1. The molecule has 130 valence electrons. The van der Waals surface area contributed by atoms with E-state index in [4.69, 9.17) is 4.42 Å². The third-order valence-electron chi connectivity index (χ3n) is 4.04. The Morgan fingerprint density at radius 2 is 1.85 bits per heavy atom. The van der Waals surface area contributed by atoms with Crippen molar-refractivity contribution in [2.24, 2.45) is 0 Å². The fraction of sp³-hybridized carbons (Fsp3) is 0.150. The van der Waals surface area contributed by atoms with E-state index in [2.05, 4.69) is 20.3 Å². The van der Waals surface area contributed by atoms with Gasteiger partial charge >= 0.3 is 0 Å². The van der Waals surface area contributed by atoms with Crippen molar-refractivity contribution in [3.8, 4) is 11.5 Å². The van der Waals surface area contributed by atoms with Crippen LogP contribution in [-0.2, 0) is 17.6 Å². The van der Waals surface area contributed by atoms with Crippen LogP contribution >= 0.6 is 0 Å². The number of rotatable bonds is 6. The minimum absolute atomic E-state index is 0.0889. The van der Waals surface area contributed by atoms with Crippen LogP contribution < -0.4 is 5.32 Å². The monoisotopic (exact) mass is 346 g/mol. The van der Waals surface area contributed by atoms with Crippen LogP contribution in [0.3, 0.4) is 0 Å². The molecule has 1 amide bonds. The lowest BCUT2D eigenvalue weighted by Crippen LogP contribution is -2.27. The number of hydrogen-bond donors (Lipinski definition) is 2. The summed E-state index contributed by atoms with van der Waals surface area (Å²) in [6, 6.07) is 17.5. The molecule has 26 heavy (non-hydrogen) atoms. The van der Waals surface area contributed by atoms with Gasteiger partial charge in [-0.2, -0.15) is 0 Å². The number of carbonyl (C=O) groups excluding carboxylic acids is 1. The van der Waals surface area contributed by atoms with E-state index in [-0.39, 0.29) is 12.3 Å². The van der Waals surface area contributed by atoms with Crippen molar-refractivity contribution < 1.29 is 9.21 Å². The Kier molecular flexibility index (Phi) is 4.47. The van der Waals surface area contributed by atoms with Crippen molar-refractivity contribution in [2.45, 2.75) is 12.8 Å². The van der Waals surface area contributed by atoms with E-state index in [1.54, 1.807) is 0 Å². The lowest BCUT2D eigenvalue weighted by molar-refractivity contribution is -0.120. The predicted molar refractivity (Wildman–Crippen MR) is 98.5 cm³/mol. The highest BCUT2D eigenvalue weighted by atomic mass is 16.3. The molecule has 6 heteroatoms. The number of fused-ring (bicyclic) bond motifs is 1. The highest BCUT2D eigenvalue weighted by Crippen LogP contribution is 2.18. The number of nitrogens with one attached hydrogen (secondary N) is 2. The maximum atomic E-state index is 12.1. The first-order chi connectivity index (χ1) is 12.8. The van der Waals surface area contributed by atoms with E-state index in [1.165, 1.54) is 6.26 Å². The first-order valence-electron chi connectivity index (χ1n) is 8.48. The average Bonchev–Trinajstić information content (AvgIpc) is 3.29. The van der Waals surface area contributed by atoms with Gasteiger partial charge in [-0.1, -0.05) is 30.3 Å². The van der Waals surface area contributed by atoms with Crippen LogP contribution in [0.2, 0.25) is 0 Å². The van der Waals surface area contributed by atoms with Crippen molar-refractivity contribution in [3.63, 3.8) is 0 Å². The normalized spacial score (nSPS) is 10.9.